The summed E-state index contributed by atoms with van der Waals surface area (Å²) >= 11 is 0. The van der Waals surface area contributed by atoms with Gasteiger partial charge in [0.25, 0.3) is 0 Å². The van der Waals surface area contributed by atoms with Crippen LogP contribution in [0.25, 0.3) is 11.3 Å². The minimum Gasteiger partial charge on any atom is -0.455 e. The Morgan fingerprint density at radius 3 is 2.52 bits per heavy atom. The Hall–Kier alpha value is -2.24. The zero-order chi connectivity index (χ0) is 15.8. The normalized spacial score (nSPS) is 11.5. The molecule has 0 aliphatic heterocycles. The van der Waals surface area contributed by atoms with Crippen molar-refractivity contribution in [3.63, 3.8) is 0 Å². The van der Waals surface area contributed by atoms with Crippen molar-refractivity contribution in [3.05, 3.63) is 35.5 Å². The molecule has 0 aliphatic carbocycles. The summed E-state index contributed by atoms with van der Waals surface area (Å²) in [7, 11) is 1.73. The van der Waals surface area contributed by atoms with Gasteiger partial charge in [-0.1, -0.05) is 0 Å². The Morgan fingerprint density at radius 1 is 1.33 bits per heavy atom. The van der Waals surface area contributed by atoms with Crippen molar-refractivity contribution >= 4 is 5.97 Å². The fourth-order valence-corrected chi connectivity index (χ4v) is 1.91. The topological polar surface area (TPSA) is 57.0 Å². The second kappa shape index (κ2) is 5.27. The number of pyridine rings is 1. The molecule has 0 spiro atoms. The average molecular weight is 291 g/mol. The van der Waals surface area contributed by atoms with Crippen LogP contribution < -0.4 is 0 Å². The molecule has 5 nitrogen and oxygen atoms in total. The molecule has 2 heterocycles. The number of aryl methyl sites for hydroxylation is 1. The van der Waals surface area contributed by atoms with Gasteiger partial charge in [0.1, 0.15) is 11.4 Å². The van der Waals surface area contributed by atoms with Crippen molar-refractivity contribution in [2.75, 3.05) is 0 Å². The van der Waals surface area contributed by atoms with E-state index in [-0.39, 0.29) is 5.69 Å². The second-order valence-corrected chi connectivity index (χ2v) is 5.80. The van der Waals surface area contributed by atoms with E-state index in [0.29, 0.717) is 11.3 Å². The number of rotatable bonds is 2. The zero-order valence-electron chi connectivity index (χ0n) is 12.8. The van der Waals surface area contributed by atoms with E-state index in [1.54, 1.807) is 32.5 Å². The van der Waals surface area contributed by atoms with E-state index in [4.69, 9.17) is 4.74 Å². The number of esters is 1. The standard InChI is InChI=1S/C15H18FN3O2/c1-9-12(11-7-6-10(16)8-17-11)13(18-19(9)5)14(20)21-15(2,3)4/h6-8H,1-5H3. The molecule has 0 fully saturated rings. The summed E-state index contributed by atoms with van der Waals surface area (Å²) < 4.78 is 20.0. The highest BCUT2D eigenvalue weighted by atomic mass is 19.1. The SMILES string of the molecule is Cc1c(-c2ccc(F)cn2)c(C(=O)OC(C)(C)C)nn1C. The molecule has 0 bridgehead atoms. The lowest BCUT2D eigenvalue weighted by atomic mass is 10.1. The molecule has 21 heavy (non-hydrogen) atoms. The predicted octanol–water partition coefficient (Wildman–Crippen LogP) is 2.88. The van der Waals surface area contributed by atoms with Gasteiger partial charge in [-0.3, -0.25) is 9.67 Å². The van der Waals surface area contributed by atoms with Crippen LogP contribution >= 0.6 is 0 Å². The van der Waals surface area contributed by atoms with Gasteiger partial charge in [0.2, 0.25) is 0 Å². The highest BCUT2D eigenvalue weighted by Crippen LogP contribution is 2.27. The van der Waals surface area contributed by atoms with Crippen LogP contribution in [0.1, 0.15) is 37.0 Å². The first-order valence-electron chi connectivity index (χ1n) is 6.58. The Bertz CT molecular complexity index is 669. The van der Waals surface area contributed by atoms with Gasteiger partial charge >= 0.3 is 5.97 Å². The number of ether oxygens (including phenoxy) is 1. The van der Waals surface area contributed by atoms with Crippen LogP contribution in [-0.2, 0) is 11.8 Å². The van der Waals surface area contributed by atoms with E-state index in [1.807, 2.05) is 6.92 Å². The molecule has 2 rings (SSSR count). The monoisotopic (exact) mass is 291 g/mol. The summed E-state index contributed by atoms with van der Waals surface area (Å²) in [5.74, 6) is -0.952. The molecule has 0 saturated heterocycles. The van der Waals surface area contributed by atoms with Crippen molar-refractivity contribution in [2.24, 2.45) is 7.05 Å². The predicted molar refractivity (Wildman–Crippen MR) is 76.3 cm³/mol. The lowest BCUT2D eigenvalue weighted by Crippen LogP contribution is -2.24. The maximum absolute atomic E-state index is 13.0. The van der Waals surface area contributed by atoms with Gasteiger partial charge in [0, 0.05) is 12.7 Å². The van der Waals surface area contributed by atoms with Crippen molar-refractivity contribution in [2.45, 2.75) is 33.3 Å². The van der Waals surface area contributed by atoms with Crippen LogP contribution in [0.4, 0.5) is 4.39 Å². The number of halogens is 1. The lowest BCUT2D eigenvalue weighted by Gasteiger charge is -2.19. The molecule has 0 amide bonds. The number of aromatic nitrogens is 3. The van der Waals surface area contributed by atoms with Crippen LogP contribution in [0, 0.1) is 12.7 Å². The summed E-state index contributed by atoms with van der Waals surface area (Å²) in [5.41, 5.74) is 1.38. The third-order valence-electron chi connectivity index (χ3n) is 2.91. The third-order valence-corrected chi connectivity index (χ3v) is 2.91. The largest absolute Gasteiger partial charge is 0.455 e. The van der Waals surface area contributed by atoms with Gasteiger partial charge in [0.15, 0.2) is 5.69 Å². The zero-order valence-corrected chi connectivity index (χ0v) is 12.8. The Balaban J connectivity index is 2.51. The highest BCUT2D eigenvalue weighted by molar-refractivity contribution is 5.95. The summed E-state index contributed by atoms with van der Waals surface area (Å²) in [6, 6.07) is 2.82. The van der Waals surface area contributed by atoms with Gasteiger partial charge in [-0.05, 0) is 39.8 Å². The Kier molecular flexibility index (Phi) is 3.80. The van der Waals surface area contributed by atoms with Crippen LogP contribution in [0.2, 0.25) is 0 Å². The molecule has 0 aliphatic rings. The van der Waals surface area contributed by atoms with Gasteiger partial charge in [0.05, 0.1) is 17.5 Å². The molecule has 0 atom stereocenters. The Labute approximate surface area is 122 Å². The van der Waals surface area contributed by atoms with Crippen LogP contribution in [-0.4, -0.2) is 26.3 Å². The molecule has 0 N–H and O–H groups in total. The quantitative estimate of drug-likeness (QED) is 0.798. The minimum absolute atomic E-state index is 0.184. The van der Waals surface area contributed by atoms with Crippen molar-refractivity contribution in [3.8, 4) is 11.3 Å². The maximum Gasteiger partial charge on any atom is 0.360 e. The third kappa shape index (κ3) is 3.26. The molecule has 112 valence electrons. The van der Waals surface area contributed by atoms with E-state index in [0.717, 1.165) is 11.9 Å². The molecular weight excluding hydrogens is 273 g/mol. The number of nitrogens with zero attached hydrogens (tertiary/aromatic N) is 3. The van der Waals surface area contributed by atoms with Gasteiger partial charge in [-0.2, -0.15) is 5.10 Å². The van der Waals surface area contributed by atoms with Gasteiger partial charge in [-0.25, -0.2) is 9.18 Å². The fraction of sp³-hybridized carbons (Fsp3) is 0.400. The smallest absolute Gasteiger partial charge is 0.360 e. The molecular formula is C15H18FN3O2. The van der Waals surface area contributed by atoms with Crippen molar-refractivity contribution in [1.82, 2.24) is 14.8 Å². The van der Waals surface area contributed by atoms with Crippen LogP contribution in [0.15, 0.2) is 18.3 Å². The summed E-state index contributed by atoms with van der Waals surface area (Å²) in [5, 5.41) is 4.20. The number of hydrogen-bond donors (Lipinski definition) is 0. The van der Waals surface area contributed by atoms with Crippen molar-refractivity contribution < 1.29 is 13.9 Å². The molecule has 0 unspecified atom stereocenters. The number of carbonyl (C=O) groups is 1. The van der Waals surface area contributed by atoms with Crippen LogP contribution in [0.5, 0.6) is 0 Å². The molecule has 6 heteroatoms. The van der Waals surface area contributed by atoms with E-state index < -0.39 is 17.4 Å². The first kappa shape index (κ1) is 15.2. The maximum atomic E-state index is 13.0. The molecule has 2 aromatic heterocycles. The first-order valence-corrected chi connectivity index (χ1v) is 6.58. The fourth-order valence-electron chi connectivity index (χ4n) is 1.91. The first-order chi connectivity index (χ1) is 9.69. The molecule has 0 radical (unpaired) electrons. The molecule has 0 saturated carbocycles. The van der Waals surface area contributed by atoms with Crippen LogP contribution in [0.3, 0.4) is 0 Å². The van der Waals surface area contributed by atoms with Gasteiger partial charge in [-0.15, -0.1) is 0 Å². The van der Waals surface area contributed by atoms with Gasteiger partial charge < -0.3 is 4.74 Å². The highest BCUT2D eigenvalue weighted by Gasteiger charge is 2.26. The van der Waals surface area contributed by atoms with E-state index in [2.05, 4.69) is 10.1 Å². The summed E-state index contributed by atoms with van der Waals surface area (Å²) in [6.45, 7) is 7.19. The van der Waals surface area contributed by atoms with E-state index in [9.17, 15) is 9.18 Å². The van der Waals surface area contributed by atoms with E-state index >= 15 is 0 Å². The summed E-state index contributed by atoms with van der Waals surface area (Å²) in [4.78, 5) is 16.3. The lowest BCUT2D eigenvalue weighted by molar-refractivity contribution is 0.00629. The second-order valence-electron chi connectivity index (χ2n) is 5.80. The molecule has 2 aromatic rings. The number of hydrogen-bond acceptors (Lipinski definition) is 4. The Morgan fingerprint density at radius 2 is 2.00 bits per heavy atom. The van der Waals surface area contributed by atoms with Crippen molar-refractivity contribution in [1.29, 1.82) is 0 Å². The summed E-state index contributed by atoms with van der Waals surface area (Å²) in [6.07, 6.45) is 1.11. The molecule has 0 aromatic carbocycles. The minimum atomic E-state index is -0.615. The van der Waals surface area contributed by atoms with E-state index in [1.165, 1.54) is 12.1 Å². The number of carbonyl (C=O) groups excluding carboxylic acids is 1. The average Bonchev–Trinajstić information content (AvgIpc) is 2.65.